The van der Waals surface area contributed by atoms with Crippen LogP contribution >= 0.6 is 11.6 Å². The predicted molar refractivity (Wildman–Crippen MR) is 86.5 cm³/mol. The molecule has 2 aromatic rings. The summed E-state index contributed by atoms with van der Waals surface area (Å²) in [5.41, 5.74) is 0. The number of hydrogen-bond donors (Lipinski definition) is 1. The van der Waals surface area contributed by atoms with Crippen molar-refractivity contribution in [2.24, 2.45) is 0 Å². The number of rotatable bonds is 8. The molecule has 1 amide bonds. The lowest BCUT2D eigenvalue weighted by atomic mass is 10.3. The molecule has 116 valence electrons. The van der Waals surface area contributed by atoms with Gasteiger partial charge in [-0.15, -0.1) is 0 Å². The Morgan fingerprint density at radius 1 is 0.955 bits per heavy atom. The first-order chi connectivity index (χ1) is 10.8. The van der Waals surface area contributed by atoms with Crippen LogP contribution in [0.15, 0.2) is 54.6 Å². The van der Waals surface area contributed by atoms with Crippen molar-refractivity contribution in [3.05, 3.63) is 59.6 Å². The fraction of sp³-hybridized carbons (Fsp3) is 0.235. The number of benzene rings is 2. The predicted octanol–water partition coefficient (Wildman–Crippen LogP) is 3.30. The van der Waals surface area contributed by atoms with E-state index in [0.29, 0.717) is 37.0 Å². The van der Waals surface area contributed by atoms with Crippen LogP contribution in [-0.2, 0) is 4.79 Å². The van der Waals surface area contributed by atoms with Gasteiger partial charge in [-0.25, -0.2) is 0 Å². The van der Waals surface area contributed by atoms with Gasteiger partial charge in [-0.1, -0.05) is 41.9 Å². The van der Waals surface area contributed by atoms with Crippen molar-refractivity contribution in [1.82, 2.24) is 5.32 Å². The monoisotopic (exact) mass is 319 g/mol. The molecule has 2 aromatic carbocycles. The van der Waals surface area contributed by atoms with Crippen molar-refractivity contribution in [2.45, 2.75) is 6.42 Å². The minimum Gasteiger partial charge on any atom is -0.493 e. The van der Waals surface area contributed by atoms with E-state index in [4.69, 9.17) is 21.1 Å². The van der Waals surface area contributed by atoms with Gasteiger partial charge in [-0.3, -0.25) is 4.79 Å². The topological polar surface area (TPSA) is 47.6 Å². The molecule has 0 aliphatic rings. The van der Waals surface area contributed by atoms with E-state index in [0.717, 1.165) is 5.75 Å². The Bertz CT molecular complexity index is 589. The molecule has 0 radical (unpaired) electrons. The van der Waals surface area contributed by atoms with E-state index in [1.807, 2.05) is 42.5 Å². The Morgan fingerprint density at radius 3 is 2.45 bits per heavy atom. The molecular weight excluding hydrogens is 302 g/mol. The minimum absolute atomic E-state index is 0.0707. The third-order valence-corrected chi connectivity index (χ3v) is 3.17. The average molecular weight is 320 g/mol. The number of amides is 1. The molecule has 0 saturated heterocycles. The molecule has 0 saturated carbocycles. The zero-order chi connectivity index (χ0) is 15.6. The zero-order valence-corrected chi connectivity index (χ0v) is 12.9. The van der Waals surface area contributed by atoms with Crippen molar-refractivity contribution in [1.29, 1.82) is 0 Å². The highest BCUT2D eigenvalue weighted by atomic mass is 35.5. The fourth-order valence-electron chi connectivity index (χ4n) is 1.78. The Kier molecular flexibility index (Phi) is 6.58. The van der Waals surface area contributed by atoms with Gasteiger partial charge in [-0.2, -0.15) is 0 Å². The lowest BCUT2D eigenvalue weighted by molar-refractivity contribution is -0.121. The molecule has 4 nitrogen and oxygen atoms in total. The Balaban J connectivity index is 1.57. The van der Waals surface area contributed by atoms with E-state index in [9.17, 15) is 4.79 Å². The highest BCUT2D eigenvalue weighted by Gasteiger charge is 2.03. The van der Waals surface area contributed by atoms with Crippen molar-refractivity contribution in [3.63, 3.8) is 0 Å². The molecule has 0 bridgehead atoms. The van der Waals surface area contributed by atoms with Gasteiger partial charge in [0.1, 0.15) is 18.1 Å². The second-order valence-corrected chi connectivity index (χ2v) is 4.95. The summed E-state index contributed by atoms with van der Waals surface area (Å²) in [5, 5.41) is 3.33. The van der Waals surface area contributed by atoms with Crippen molar-refractivity contribution in [2.75, 3.05) is 19.8 Å². The van der Waals surface area contributed by atoms with Gasteiger partial charge < -0.3 is 14.8 Å². The normalized spacial score (nSPS) is 10.0. The molecule has 5 heteroatoms. The number of hydrogen-bond acceptors (Lipinski definition) is 3. The van der Waals surface area contributed by atoms with Gasteiger partial charge in [0.15, 0.2) is 0 Å². The van der Waals surface area contributed by atoms with Crippen LogP contribution in [0.3, 0.4) is 0 Å². The quantitative estimate of drug-likeness (QED) is 0.759. The first-order valence-electron chi connectivity index (χ1n) is 7.07. The van der Waals surface area contributed by atoms with Gasteiger partial charge in [0, 0.05) is 0 Å². The van der Waals surface area contributed by atoms with E-state index in [-0.39, 0.29) is 5.91 Å². The summed E-state index contributed by atoms with van der Waals surface area (Å²) >= 11 is 5.96. The van der Waals surface area contributed by atoms with Gasteiger partial charge in [-0.05, 0) is 24.3 Å². The number of halogens is 1. The fourth-order valence-corrected chi connectivity index (χ4v) is 1.97. The van der Waals surface area contributed by atoms with Crippen LogP contribution in [0, 0.1) is 0 Å². The van der Waals surface area contributed by atoms with Crippen molar-refractivity contribution < 1.29 is 14.3 Å². The van der Waals surface area contributed by atoms with E-state index in [1.54, 1.807) is 12.1 Å². The number of para-hydroxylation sites is 2. The van der Waals surface area contributed by atoms with E-state index < -0.39 is 0 Å². The molecule has 22 heavy (non-hydrogen) atoms. The highest BCUT2D eigenvalue weighted by molar-refractivity contribution is 6.32. The summed E-state index contributed by atoms with van der Waals surface area (Å²) in [7, 11) is 0. The Labute approximate surface area is 135 Å². The van der Waals surface area contributed by atoms with Crippen LogP contribution in [0.2, 0.25) is 5.02 Å². The Hall–Kier alpha value is -2.20. The van der Waals surface area contributed by atoms with Gasteiger partial charge >= 0.3 is 0 Å². The molecule has 0 aliphatic heterocycles. The maximum atomic E-state index is 11.6. The summed E-state index contributed by atoms with van der Waals surface area (Å²) in [4.78, 5) is 11.6. The number of carbonyl (C=O) groups is 1. The second-order valence-electron chi connectivity index (χ2n) is 4.54. The van der Waals surface area contributed by atoms with Crippen LogP contribution in [-0.4, -0.2) is 25.7 Å². The molecule has 0 spiro atoms. The smallest absolute Gasteiger partial charge is 0.223 e. The first kappa shape index (κ1) is 16.2. The highest BCUT2D eigenvalue weighted by Crippen LogP contribution is 2.22. The molecule has 0 heterocycles. The lowest BCUT2D eigenvalue weighted by Gasteiger charge is -2.09. The van der Waals surface area contributed by atoms with Crippen LogP contribution in [0.4, 0.5) is 0 Å². The average Bonchev–Trinajstić information content (AvgIpc) is 2.54. The number of nitrogens with one attached hydrogen (secondary N) is 1. The van der Waals surface area contributed by atoms with Crippen LogP contribution in [0.1, 0.15) is 6.42 Å². The maximum Gasteiger partial charge on any atom is 0.223 e. The number of ether oxygens (including phenoxy) is 2. The maximum absolute atomic E-state index is 11.6. The van der Waals surface area contributed by atoms with Gasteiger partial charge in [0.25, 0.3) is 0 Å². The molecule has 2 rings (SSSR count). The SMILES string of the molecule is O=C(CCOc1ccccc1)NCCOc1ccccc1Cl. The van der Waals surface area contributed by atoms with E-state index in [2.05, 4.69) is 5.32 Å². The summed E-state index contributed by atoms with van der Waals surface area (Å²) in [6.45, 7) is 1.14. The molecule has 0 fully saturated rings. The van der Waals surface area contributed by atoms with Gasteiger partial charge in [0.05, 0.1) is 24.6 Å². The summed E-state index contributed by atoms with van der Waals surface area (Å²) in [5.74, 6) is 1.31. The third kappa shape index (κ3) is 5.66. The molecule has 0 aromatic heterocycles. The van der Waals surface area contributed by atoms with Crippen LogP contribution in [0.5, 0.6) is 11.5 Å². The summed E-state index contributed by atoms with van der Waals surface area (Å²) in [6.07, 6.45) is 0.307. The van der Waals surface area contributed by atoms with E-state index in [1.165, 1.54) is 0 Å². The third-order valence-electron chi connectivity index (χ3n) is 2.86. The Morgan fingerprint density at radius 2 is 1.68 bits per heavy atom. The molecule has 0 aliphatic carbocycles. The largest absolute Gasteiger partial charge is 0.493 e. The molecule has 0 atom stereocenters. The van der Waals surface area contributed by atoms with Gasteiger partial charge in [0.2, 0.25) is 5.91 Å². The molecular formula is C17H18ClNO3. The van der Waals surface area contributed by atoms with Crippen molar-refractivity contribution in [3.8, 4) is 11.5 Å². The molecule has 1 N–H and O–H groups in total. The minimum atomic E-state index is -0.0707. The van der Waals surface area contributed by atoms with Crippen molar-refractivity contribution >= 4 is 17.5 Å². The molecule has 0 unspecified atom stereocenters. The van der Waals surface area contributed by atoms with Crippen LogP contribution in [0.25, 0.3) is 0 Å². The summed E-state index contributed by atoms with van der Waals surface area (Å²) in [6, 6.07) is 16.6. The lowest BCUT2D eigenvalue weighted by Crippen LogP contribution is -2.29. The van der Waals surface area contributed by atoms with E-state index >= 15 is 0 Å². The first-order valence-corrected chi connectivity index (χ1v) is 7.45. The second kappa shape index (κ2) is 8.95. The number of carbonyl (C=O) groups excluding carboxylic acids is 1. The zero-order valence-electron chi connectivity index (χ0n) is 12.1. The standard InChI is InChI=1S/C17H18ClNO3/c18-15-8-4-5-9-16(15)22-13-11-19-17(20)10-12-21-14-6-2-1-3-7-14/h1-9H,10-13H2,(H,19,20). The summed E-state index contributed by atoms with van der Waals surface area (Å²) < 4.78 is 10.9. The van der Waals surface area contributed by atoms with Crippen LogP contribution < -0.4 is 14.8 Å².